The molecular weight excluding hydrogens is 803 g/mol. The highest BCUT2D eigenvalue weighted by atomic mass is 16.7. The molecule has 0 spiro atoms. The highest BCUT2D eigenvalue weighted by Crippen LogP contribution is 2.11. The van der Waals surface area contributed by atoms with Crippen molar-refractivity contribution in [3.05, 3.63) is 109 Å². The number of rotatable bonds is 43. The summed E-state index contributed by atoms with van der Waals surface area (Å²) >= 11 is 0. The number of carbonyl (C=O) groups excluding carboxylic acids is 3. The zero-order chi connectivity index (χ0) is 47.0. The molecule has 2 unspecified atom stereocenters. The summed E-state index contributed by atoms with van der Waals surface area (Å²) in [5.74, 6) is -2.38. The lowest BCUT2D eigenvalue weighted by Gasteiger charge is -2.26. The van der Waals surface area contributed by atoms with Crippen molar-refractivity contribution in [3.63, 3.8) is 0 Å². The molecule has 0 aromatic rings. The van der Waals surface area contributed by atoms with E-state index in [9.17, 15) is 19.5 Å². The fraction of sp³-hybridized carbons (Fsp3) is 0.618. The van der Waals surface area contributed by atoms with Gasteiger partial charge in [0, 0.05) is 12.8 Å². The molecule has 64 heavy (non-hydrogen) atoms. The molecular formula is C55H89NO8. The lowest BCUT2D eigenvalue weighted by molar-refractivity contribution is -0.870. The Bertz CT molecular complexity index is 1410. The number of hydrogen-bond donors (Lipinski definition) is 0. The first kappa shape index (κ1) is 60.0. The fourth-order valence-electron chi connectivity index (χ4n) is 5.95. The van der Waals surface area contributed by atoms with Crippen LogP contribution in [0.5, 0.6) is 0 Å². The third-order valence-corrected chi connectivity index (χ3v) is 9.75. The van der Waals surface area contributed by atoms with Crippen molar-refractivity contribution >= 4 is 17.9 Å². The summed E-state index contributed by atoms with van der Waals surface area (Å²) in [6.45, 7) is 4.51. The van der Waals surface area contributed by atoms with E-state index in [2.05, 4.69) is 123 Å². The van der Waals surface area contributed by atoms with Gasteiger partial charge in [-0.15, -0.1) is 0 Å². The first-order valence-electron chi connectivity index (χ1n) is 24.5. The van der Waals surface area contributed by atoms with E-state index >= 15 is 0 Å². The average molecular weight is 892 g/mol. The van der Waals surface area contributed by atoms with Crippen LogP contribution >= 0.6 is 0 Å². The van der Waals surface area contributed by atoms with Crippen LogP contribution in [0.2, 0.25) is 0 Å². The average Bonchev–Trinajstić information content (AvgIpc) is 3.26. The van der Waals surface area contributed by atoms with Crippen molar-refractivity contribution in [2.24, 2.45) is 0 Å². The van der Waals surface area contributed by atoms with Crippen LogP contribution in [0.3, 0.4) is 0 Å². The van der Waals surface area contributed by atoms with Crippen molar-refractivity contribution in [1.29, 1.82) is 0 Å². The molecule has 0 aliphatic rings. The van der Waals surface area contributed by atoms with Crippen molar-refractivity contribution in [2.45, 2.75) is 174 Å². The second-order valence-corrected chi connectivity index (χ2v) is 17.0. The molecule has 0 saturated carbocycles. The molecule has 0 rings (SSSR count). The third-order valence-electron chi connectivity index (χ3n) is 9.75. The molecule has 0 aromatic heterocycles. The number of likely N-dealkylation sites (N-methyl/N-ethyl adjacent to an activating group) is 1. The molecule has 0 heterocycles. The Balaban J connectivity index is 4.46. The summed E-state index contributed by atoms with van der Waals surface area (Å²) in [6.07, 6.45) is 58.4. The Morgan fingerprint density at radius 3 is 1.38 bits per heavy atom. The lowest BCUT2D eigenvalue weighted by atomic mass is 10.1. The van der Waals surface area contributed by atoms with Gasteiger partial charge in [0.2, 0.25) is 0 Å². The zero-order valence-electron chi connectivity index (χ0n) is 40.9. The van der Waals surface area contributed by atoms with Crippen LogP contribution < -0.4 is 5.11 Å². The van der Waals surface area contributed by atoms with Crippen LogP contribution in [-0.2, 0) is 33.3 Å². The van der Waals surface area contributed by atoms with E-state index in [4.69, 9.17) is 18.9 Å². The summed E-state index contributed by atoms with van der Waals surface area (Å²) in [5.41, 5.74) is 0. The summed E-state index contributed by atoms with van der Waals surface area (Å²) in [7, 11) is 5.88. The Morgan fingerprint density at radius 2 is 0.891 bits per heavy atom. The highest BCUT2D eigenvalue weighted by molar-refractivity contribution is 5.70. The molecule has 0 bridgehead atoms. The number of ether oxygens (including phenoxy) is 4. The highest BCUT2D eigenvalue weighted by Gasteiger charge is 2.21. The van der Waals surface area contributed by atoms with Gasteiger partial charge in [-0.25, -0.2) is 0 Å². The Morgan fingerprint density at radius 1 is 0.484 bits per heavy atom. The van der Waals surface area contributed by atoms with E-state index in [1.54, 1.807) is 0 Å². The molecule has 0 radical (unpaired) electrons. The molecule has 0 aliphatic carbocycles. The number of carboxylic acids is 1. The smallest absolute Gasteiger partial charge is 0.306 e. The van der Waals surface area contributed by atoms with Crippen molar-refractivity contribution in [3.8, 4) is 0 Å². The number of esters is 2. The normalized spacial score (nSPS) is 13.8. The number of hydrogen-bond acceptors (Lipinski definition) is 8. The molecule has 0 amide bonds. The van der Waals surface area contributed by atoms with Crippen LogP contribution in [0.4, 0.5) is 0 Å². The van der Waals surface area contributed by atoms with Gasteiger partial charge in [0.15, 0.2) is 12.4 Å². The standard InChI is InChI=1S/C55H89NO8/c1-6-8-10-12-14-16-18-20-21-22-23-24-25-26-27-28-29-30-31-32-33-34-36-38-40-42-44-46-53(58)64-51(50-63-55(54(59)60)61-48-47-56(3,4)5)49-62-52(57)45-43-41-39-37-35-19-17-15-13-11-9-7-2/h8,10,14-17,20-21,23-24,26-27,29-30,32-33,36,38,51,55H,6-7,9,11-13,18-19,22,25,28,31,34-35,37,39-50H2,1-5H3/b10-8-,16-14-,17-15-,21-20-,24-23-,27-26-,30-29-,33-32-,38-36-. The van der Waals surface area contributed by atoms with Gasteiger partial charge < -0.3 is 33.3 Å². The Labute approximate surface area is 390 Å². The van der Waals surface area contributed by atoms with Crippen molar-refractivity contribution in [2.75, 3.05) is 47.5 Å². The summed E-state index contributed by atoms with van der Waals surface area (Å²) in [6, 6.07) is 0. The molecule has 362 valence electrons. The van der Waals surface area contributed by atoms with Crippen LogP contribution in [0.25, 0.3) is 0 Å². The van der Waals surface area contributed by atoms with E-state index in [1.165, 1.54) is 19.3 Å². The summed E-state index contributed by atoms with van der Waals surface area (Å²) in [4.78, 5) is 37.0. The van der Waals surface area contributed by atoms with Gasteiger partial charge in [-0.1, -0.05) is 155 Å². The van der Waals surface area contributed by atoms with Crippen LogP contribution in [-0.4, -0.2) is 82.3 Å². The second-order valence-electron chi connectivity index (χ2n) is 17.0. The minimum Gasteiger partial charge on any atom is -0.545 e. The topological polar surface area (TPSA) is 111 Å². The van der Waals surface area contributed by atoms with Crippen molar-refractivity contribution in [1.82, 2.24) is 0 Å². The quantitative estimate of drug-likeness (QED) is 0.0196. The lowest BCUT2D eigenvalue weighted by Crippen LogP contribution is -2.44. The largest absolute Gasteiger partial charge is 0.545 e. The fourth-order valence-corrected chi connectivity index (χ4v) is 5.95. The van der Waals surface area contributed by atoms with E-state index in [0.29, 0.717) is 23.9 Å². The first-order chi connectivity index (χ1) is 31.1. The minimum atomic E-state index is -1.64. The van der Waals surface area contributed by atoms with Gasteiger partial charge in [0.1, 0.15) is 13.2 Å². The maximum absolute atomic E-state index is 12.8. The number of aliphatic carboxylic acids is 1. The monoisotopic (exact) mass is 892 g/mol. The van der Waals surface area contributed by atoms with E-state index in [-0.39, 0.29) is 38.6 Å². The van der Waals surface area contributed by atoms with Crippen LogP contribution in [0.1, 0.15) is 162 Å². The van der Waals surface area contributed by atoms with E-state index < -0.39 is 24.3 Å². The third kappa shape index (κ3) is 46.0. The van der Waals surface area contributed by atoms with Gasteiger partial charge in [-0.2, -0.15) is 0 Å². The minimum absolute atomic E-state index is 0.131. The number of carboxylic acid groups (broad SMARTS) is 1. The number of unbranched alkanes of at least 4 members (excludes halogenated alkanes) is 10. The van der Waals surface area contributed by atoms with Gasteiger partial charge in [0.25, 0.3) is 0 Å². The van der Waals surface area contributed by atoms with Gasteiger partial charge in [-0.3, -0.25) is 9.59 Å². The predicted octanol–water partition coefficient (Wildman–Crippen LogP) is 12.3. The van der Waals surface area contributed by atoms with Crippen LogP contribution in [0.15, 0.2) is 109 Å². The molecule has 0 fully saturated rings. The molecule has 9 heteroatoms. The number of quaternary nitrogens is 1. The molecule has 0 aromatic carbocycles. The number of carbonyl (C=O) groups is 3. The Hall–Kier alpha value is -4.05. The number of allylic oxidation sites excluding steroid dienone is 18. The molecule has 2 atom stereocenters. The number of nitrogens with zero attached hydrogens (tertiary/aromatic N) is 1. The van der Waals surface area contributed by atoms with E-state index in [0.717, 1.165) is 103 Å². The van der Waals surface area contributed by atoms with Gasteiger partial charge in [0.05, 0.1) is 40.3 Å². The van der Waals surface area contributed by atoms with Crippen LogP contribution in [0, 0.1) is 0 Å². The SMILES string of the molecule is CC/C=C\C/C=C\C/C=C\C/C=C\C/C=C\C/C=C\C/C=C\C/C=C\CCCCC(=O)OC(COC(=O)CCCCCCC/C=C\CCCCC)COC(OCC[N+](C)(C)C)C(=O)[O-]. The maximum atomic E-state index is 12.8. The molecule has 0 saturated heterocycles. The molecule has 0 N–H and O–H groups in total. The zero-order valence-corrected chi connectivity index (χ0v) is 40.9. The summed E-state index contributed by atoms with van der Waals surface area (Å²) in [5, 5.41) is 11.7. The maximum Gasteiger partial charge on any atom is 0.306 e. The molecule has 9 nitrogen and oxygen atoms in total. The molecule has 0 aliphatic heterocycles. The Kier molecular flexibility index (Phi) is 42.6. The second kappa shape index (κ2) is 45.5. The predicted molar refractivity (Wildman–Crippen MR) is 264 cm³/mol. The van der Waals surface area contributed by atoms with Gasteiger partial charge >= 0.3 is 11.9 Å². The summed E-state index contributed by atoms with van der Waals surface area (Å²) < 4.78 is 22.5. The first-order valence-corrected chi connectivity index (χ1v) is 24.5. The van der Waals surface area contributed by atoms with Crippen molar-refractivity contribution < 1.29 is 42.9 Å². The van der Waals surface area contributed by atoms with Gasteiger partial charge in [-0.05, 0) is 103 Å². The van der Waals surface area contributed by atoms with E-state index in [1.807, 2.05) is 21.1 Å².